The second-order valence-corrected chi connectivity index (χ2v) is 12.3. The number of benzene rings is 1. The lowest BCUT2D eigenvalue weighted by Gasteiger charge is -2.30. The summed E-state index contributed by atoms with van der Waals surface area (Å²) >= 11 is 0. The Morgan fingerprint density at radius 1 is 0.897 bits per heavy atom. The minimum atomic E-state index is -3.62. The van der Waals surface area contributed by atoms with Crippen molar-refractivity contribution in [2.24, 2.45) is 0 Å². The van der Waals surface area contributed by atoms with Gasteiger partial charge in [-0.15, -0.1) is 0 Å². The summed E-state index contributed by atoms with van der Waals surface area (Å²) in [6, 6.07) is 7.60. The van der Waals surface area contributed by atoms with E-state index in [4.69, 9.17) is 18.3 Å². The van der Waals surface area contributed by atoms with Crippen molar-refractivity contribution in [3.8, 4) is 5.75 Å². The van der Waals surface area contributed by atoms with Crippen LogP contribution in [0, 0.1) is 0 Å². The van der Waals surface area contributed by atoms with Crippen LogP contribution in [0.25, 0.3) is 0 Å². The van der Waals surface area contributed by atoms with Crippen LogP contribution in [0.2, 0.25) is 0 Å². The Bertz CT molecular complexity index is 669. The Labute approximate surface area is 176 Å². The minimum absolute atomic E-state index is 0.209. The second-order valence-electron chi connectivity index (χ2n) is 6.94. The average molecular weight is 448 g/mol. The SMILES string of the molecule is CCCCCCOc1cccc(CC(P(C)(=O)OCC)P(=O)(OCC)OCC)c1. The summed E-state index contributed by atoms with van der Waals surface area (Å²) < 4.78 is 49.2. The zero-order chi connectivity index (χ0) is 21.8. The number of hydrogen-bond acceptors (Lipinski definition) is 6. The molecule has 0 amide bonds. The fourth-order valence-electron chi connectivity index (χ4n) is 3.14. The molecule has 0 bridgehead atoms. The van der Waals surface area contributed by atoms with E-state index < -0.39 is 20.4 Å². The molecule has 0 aliphatic carbocycles. The molecule has 0 aromatic heterocycles. The van der Waals surface area contributed by atoms with Crippen molar-refractivity contribution in [2.75, 3.05) is 33.1 Å². The maximum atomic E-state index is 13.5. The molecule has 0 heterocycles. The topological polar surface area (TPSA) is 71.1 Å². The summed E-state index contributed by atoms with van der Waals surface area (Å²) in [7, 11) is -6.88. The van der Waals surface area contributed by atoms with E-state index in [-0.39, 0.29) is 26.2 Å². The van der Waals surface area contributed by atoms with Gasteiger partial charge >= 0.3 is 7.60 Å². The highest BCUT2D eigenvalue weighted by Crippen LogP contribution is 2.69. The molecule has 168 valence electrons. The van der Waals surface area contributed by atoms with E-state index in [0.29, 0.717) is 6.61 Å². The highest BCUT2D eigenvalue weighted by Gasteiger charge is 2.46. The van der Waals surface area contributed by atoms with Gasteiger partial charge < -0.3 is 18.3 Å². The lowest BCUT2D eigenvalue weighted by molar-refractivity contribution is 0.214. The van der Waals surface area contributed by atoms with Gasteiger partial charge in [0, 0.05) is 6.66 Å². The Morgan fingerprint density at radius 3 is 2.14 bits per heavy atom. The maximum Gasteiger partial charge on any atom is 0.343 e. The molecule has 1 aromatic carbocycles. The van der Waals surface area contributed by atoms with E-state index in [1.165, 1.54) is 19.5 Å². The second kappa shape index (κ2) is 13.6. The van der Waals surface area contributed by atoms with Crippen LogP contribution in [0.5, 0.6) is 5.75 Å². The van der Waals surface area contributed by atoms with Crippen molar-refractivity contribution >= 4 is 15.0 Å². The molecule has 2 unspecified atom stereocenters. The summed E-state index contributed by atoms with van der Waals surface area (Å²) in [4.78, 5) is 0. The quantitative estimate of drug-likeness (QED) is 0.206. The van der Waals surface area contributed by atoms with Crippen LogP contribution >= 0.6 is 15.0 Å². The van der Waals surface area contributed by atoms with Crippen molar-refractivity contribution < 1.29 is 27.4 Å². The van der Waals surface area contributed by atoms with Crippen LogP contribution in [0.4, 0.5) is 0 Å². The Kier molecular flexibility index (Phi) is 12.4. The van der Waals surface area contributed by atoms with E-state index in [9.17, 15) is 9.13 Å². The molecule has 0 aliphatic rings. The molecule has 0 saturated heterocycles. The number of ether oxygens (including phenoxy) is 1. The molecule has 1 rings (SSSR count). The molecule has 0 spiro atoms. The summed E-state index contributed by atoms with van der Waals surface area (Å²) in [5, 5.41) is -0.866. The number of rotatable bonds is 16. The van der Waals surface area contributed by atoms with E-state index in [2.05, 4.69) is 6.92 Å². The van der Waals surface area contributed by atoms with Crippen LogP contribution in [0.15, 0.2) is 24.3 Å². The molecule has 0 fully saturated rings. The minimum Gasteiger partial charge on any atom is -0.494 e. The van der Waals surface area contributed by atoms with Crippen LogP contribution in [0.3, 0.4) is 0 Å². The van der Waals surface area contributed by atoms with Gasteiger partial charge in [-0.1, -0.05) is 38.3 Å². The molecule has 6 nitrogen and oxygen atoms in total. The molecule has 0 saturated carbocycles. The van der Waals surface area contributed by atoms with Crippen molar-refractivity contribution in [1.82, 2.24) is 0 Å². The van der Waals surface area contributed by atoms with E-state index in [0.717, 1.165) is 24.2 Å². The first-order valence-electron chi connectivity index (χ1n) is 10.6. The predicted molar refractivity (Wildman–Crippen MR) is 120 cm³/mol. The van der Waals surface area contributed by atoms with Gasteiger partial charge in [-0.2, -0.15) is 0 Å². The van der Waals surface area contributed by atoms with Gasteiger partial charge in [0.25, 0.3) is 0 Å². The van der Waals surface area contributed by atoms with Gasteiger partial charge in [0.2, 0.25) is 7.37 Å². The monoisotopic (exact) mass is 448 g/mol. The summed E-state index contributed by atoms with van der Waals surface area (Å²) in [6.07, 6.45) is 4.82. The van der Waals surface area contributed by atoms with Gasteiger partial charge in [-0.25, -0.2) is 0 Å². The van der Waals surface area contributed by atoms with Crippen LogP contribution in [0.1, 0.15) is 58.9 Å². The first-order chi connectivity index (χ1) is 13.8. The molecule has 8 heteroatoms. The fourth-order valence-corrected chi connectivity index (χ4v) is 8.59. The van der Waals surface area contributed by atoms with Crippen molar-refractivity contribution in [2.45, 2.75) is 65.2 Å². The Morgan fingerprint density at radius 2 is 1.55 bits per heavy atom. The first-order valence-corrected chi connectivity index (χ1v) is 14.4. The number of hydrogen-bond donors (Lipinski definition) is 0. The summed E-state index contributed by atoms with van der Waals surface area (Å²) in [6.45, 7) is 10.3. The smallest absolute Gasteiger partial charge is 0.343 e. The third-order valence-corrected chi connectivity index (χ3v) is 10.8. The molecule has 0 aliphatic heterocycles. The first kappa shape index (κ1) is 26.4. The molecular formula is C21H38O6P2. The molecular weight excluding hydrogens is 410 g/mol. The molecule has 0 N–H and O–H groups in total. The zero-order valence-corrected chi connectivity index (χ0v) is 20.4. The average Bonchev–Trinajstić information content (AvgIpc) is 2.66. The van der Waals surface area contributed by atoms with Gasteiger partial charge in [0.1, 0.15) is 11.1 Å². The fraction of sp³-hybridized carbons (Fsp3) is 0.714. The molecule has 1 aromatic rings. The van der Waals surface area contributed by atoms with E-state index >= 15 is 0 Å². The van der Waals surface area contributed by atoms with Crippen LogP contribution in [-0.2, 0) is 29.1 Å². The highest BCUT2D eigenvalue weighted by molar-refractivity contribution is 7.74. The van der Waals surface area contributed by atoms with Gasteiger partial charge in [0.15, 0.2) is 0 Å². The standard InChI is InChI=1S/C21H38O6P2/c1-6-10-11-12-16-24-20-15-13-14-19(17-20)18-21(28(5,22)25-7-2)29(23,26-8-3)27-9-4/h13-15,17,21H,6-12,16,18H2,1-5H3. The van der Waals surface area contributed by atoms with E-state index in [1.54, 1.807) is 20.8 Å². The predicted octanol–water partition coefficient (Wildman–Crippen LogP) is 6.72. The third kappa shape index (κ3) is 8.94. The molecule has 29 heavy (non-hydrogen) atoms. The lowest BCUT2D eigenvalue weighted by atomic mass is 10.1. The maximum absolute atomic E-state index is 13.5. The van der Waals surface area contributed by atoms with Crippen LogP contribution < -0.4 is 4.74 Å². The normalized spacial score (nSPS) is 15.1. The van der Waals surface area contributed by atoms with Crippen molar-refractivity contribution in [1.29, 1.82) is 0 Å². The van der Waals surface area contributed by atoms with Crippen LogP contribution in [-0.4, -0.2) is 38.5 Å². The Balaban J connectivity index is 3.03. The van der Waals surface area contributed by atoms with Gasteiger partial charge in [0.05, 0.1) is 26.4 Å². The summed E-state index contributed by atoms with van der Waals surface area (Å²) in [5.74, 6) is 0.753. The van der Waals surface area contributed by atoms with Crippen molar-refractivity contribution in [3.63, 3.8) is 0 Å². The lowest BCUT2D eigenvalue weighted by Crippen LogP contribution is -2.18. The van der Waals surface area contributed by atoms with Gasteiger partial charge in [-0.3, -0.25) is 9.13 Å². The Hall–Kier alpha value is -0.640. The number of unbranched alkanes of at least 4 members (excludes halogenated alkanes) is 3. The highest BCUT2D eigenvalue weighted by atomic mass is 31.2. The van der Waals surface area contributed by atoms with E-state index in [1.807, 2.05) is 24.3 Å². The zero-order valence-electron chi connectivity index (χ0n) is 18.6. The van der Waals surface area contributed by atoms with Gasteiger partial charge in [-0.05, 0) is 51.3 Å². The molecule has 2 atom stereocenters. The largest absolute Gasteiger partial charge is 0.494 e. The summed E-state index contributed by atoms with van der Waals surface area (Å²) in [5.41, 5.74) is 0.863. The third-order valence-electron chi connectivity index (χ3n) is 4.49. The molecule has 0 radical (unpaired) electrons. The van der Waals surface area contributed by atoms with Crippen molar-refractivity contribution in [3.05, 3.63) is 29.8 Å².